The summed E-state index contributed by atoms with van der Waals surface area (Å²) >= 11 is 0. The van der Waals surface area contributed by atoms with Gasteiger partial charge in [0.15, 0.2) is 0 Å². The summed E-state index contributed by atoms with van der Waals surface area (Å²) in [5.41, 5.74) is -0.347. The van der Waals surface area contributed by atoms with Crippen molar-refractivity contribution in [2.75, 3.05) is 13.7 Å². The molecule has 3 rings (SSSR count). The number of ether oxygens (including phenoxy) is 1. The number of amides is 1. The quantitative estimate of drug-likeness (QED) is 0.727. The van der Waals surface area contributed by atoms with E-state index in [-0.39, 0.29) is 18.5 Å². The first-order valence-electron chi connectivity index (χ1n) is 9.06. The van der Waals surface area contributed by atoms with Crippen molar-refractivity contribution >= 4 is 17.7 Å². The minimum Gasteiger partial charge on any atom is -0.467 e. The summed E-state index contributed by atoms with van der Waals surface area (Å²) in [6.45, 7) is 1.89. The Morgan fingerprint density at radius 1 is 1.21 bits per heavy atom. The lowest BCUT2D eigenvalue weighted by Crippen LogP contribution is -2.44. The van der Waals surface area contributed by atoms with Gasteiger partial charge in [0.1, 0.15) is 17.5 Å². The molecular weight excluding hydrogens is 380 g/mol. The summed E-state index contributed by atoms with van der Waals surface area (Å²) in [4.78, 5) is 29.3. The van der Waals surface area contributed by atoms with Gasteiger partial charge in [-0.25, -0.2) is 18.6 Å². The molecule has 0 saturated carbocycles. The molecular formula is C21H21F2N3O3. The average molecular weight is 401 g/mol. The molecule has 1 heterocycles. The monoisotopic (exact) mass is 401 g/mol. The van der Waals surface area contributed by atoms with Gasteiger partial charge in [0.2, 0.25) is 11.4 Å². The summed E-state index contributed by atoms with van der Waals surface area (Å²) in [5.74, 6) is -2.01. The number of esters is 1. The van der Waals surface area contributed by atoms with Crippen molar-refractivity contribution in [1.29, 1.82) is 0 Å². The maximum atomic E-state index is 13.3. The molecule has 0 saturated heterocycles. The van der Waals surface area contributed by atoms with Crippen LogP contribution in [-0.2, 0) is 26.3 Å². The number of amidine groups is 1. The van der Waals surface area contributed by atoms with E-state index in [1.165, 1.54) is 7.11 Å². The second kappa shape index (κ2) is 8.38. The van der Waals surface area contributed by atoms with Crippen LogP contribution in [0.4, 0.5) is 8.78 Å². The summed E-state index contributed by atoms with van der Waals surface area (Å²) in [6.07, 6.45) is -0.187. The molecule has 0 radical (unpaired) electrons. The highest BCUT2D eigenvalue weighted by atomic mass is 19.1. The predicted molar refractivity (Wildman–Crippen MR) is 103 cm³/mol. The third-order valence-corrected chi connectivity index (χ3v) is 4.69. The van der Waals surface area contributed by atoms with Crippen molar-refractivity contribution in [2.45, 2.75) is 24.9 Å². The first kappa shape index (κ1) is 20.4. The number of carbonyl (C=O) groups excluding carboxylic acids is 2. The first-order valence-corrected chi connectivity index (χ1v) is 9.06. The number of hydrogen-bond acceptors (Lipinski definition) is 5. The molecule has 1 aliphatic heterocycles. The molecule has 2 unspecified atom stereocenters. The lowest BCUT2D eigenvalue weighted by Gasteiger charge is -2.22. The zero-order chi connectivity index (χ0) is 21.0. The van der Waals surface area contributed by atoms with E-state index in [1.807, 2.05) is 6.07 Å². The first-order chi connectivity index (χ1) is 13.8. The van der Waals surface area contributed by atoms with Crippen LogP contribution >= 0.6 is 0 Å². The third-order valence-electron chi connectivity index (χ3n) is 4.69. The highest BCUT2D eigenvalue weighted by Crippen LogP contribution is 2.30. The summed E-state index contributed by atoms with van der Waals surface area (Å²) < 4.78 is 31.6. The average Bonchev–Trinajstić information content (AvgIpc) is 3.14. The van der Waals surface area contributed by atoms with Gasteiger partial charge in [0, 0.05) is 6.07 Å². The normalized spacial score (nSPS) is 19.1. The van der Waals surface area contributed by atoms with E-state index in [0.29, 0.717) is 11.4 Å². The number of aliphatic imine (C=N–C) groups is 1. The van der Waals surface area contributed by atoms with Crippen LogP contribution in [0.15, 0.2) is 53.5 Å². The fourth-order valence-electron chi connectivity index (χ4n) is 3.30. The molecule has 29 heavy (non-hydrogen) atoms. The minimum absolute atomic E-state index is 0.187. The topological polar surface area (TPSA) is 79.8 Å². The van der Waals surface area contributed by atoms with Crippen molar-refractivity contribution < 1.29 is 23.1 Å². The Balaban J connectivity index is 1.76. The van der Waals surface area contributed by atoms with Crippen LogP contribution in [0.25, 0.3) is 0 Å². The Morgan fingerprint density at radius 2 is 1.86 bits per heavy atom. The molecule has 2 N–H and O–H groups in total. The van der Waals surface area contributed by atoms with Gasteiger partial charge in [0.25, 0.3) is 0 Å². The number of nitrogens with one attached hydrogen (secondary N) is 2. The van der Waals surface area contributed by atoms with Crippen LogP contribution in [0, 0.1) is 11.6 Å². The van der Waals surface area contributed by atoms with E-state index in [9.17, 15) is 18.4 Å². The molecule has 8 heteroatoms. The molecule has 2 atom stereocenters. The van der Waals surface area contributed by atoms with Gasteiger partial charge in [-0.1, -0.05) is 30.3 Å². The standard InChI is InChI=1S/C21H21F2N3O3/c1-13(25-18(27)10-14-8-16(22)11-17(23)9-14)19-24-12-21(26-19,20(28)29-2)15-6-4-3-5-7-15/h3-9,11,13H,10,12H2,1-2H3,(H,24,26)(H,25,27). The second-order valence-electron chi connectivity index (χ2n) is 6.81. The molecule has 0 aromatic heterocycles. The second-order valence-corrected chi connectivity index (χ2v) is 6.81. The van der Waals surface area contributed by atoms with Crippen LogP contribution < -0.4 is 10.6 Å². The Kier molecular flexibility index (Phi) is 5.91. The Bertz CT molecular complexity index is 929. The van der Waals surface area contributed by atoms with Gasteiger partial charge < -0.3 is 15.4 Å². The van der Waals surface area contributed by atoms with E-state index < -0.39 is 35.1 Å². The van der Waals surface area contributed by atoms with Crippen molar-refractivity contribution in [1.82, 2.24) is 10.6 Å². The smallest absolute Gasteiger partial charge is 0.340 e. The van der Waals surface area contributed by atoms with Crippen LogP contribution in [-0.4, -0.2) is 37.4 Å². The molecule has 0 spiro atoms. The Labute approximate surface area is 167 Å². The van der Waals surface area contributed by atoms with Crippen LogP contribution in [0.3, 0.4) is 0 Å². The molecule has 2 aromatic rings. The van der Waals surface area contributed by atoms with Gasteiger partial charge >= 0.3 is 5.97 Å². The van der Waals surface area contributed by atoms with Gasteiger partial charge in [-0.2, -0.15) is 0 Å². The zero-order valence-corrected chi connectivity index (χ0v) is 16.0. The maximum Gasteiger partial charge on any atom is 0.340 e. The summed E-state index contributed by atoms with van der Waals surface area (Å²) in [5, 5.41) is 5.79. The number of nitrogens with zero attached hydrogens (tertiary/aromatic N) is 1. The van der Waals surface area contributed by atoms with E-state index in [4.69, 9.17) is 4.74 Å². The van der Waals surface area contributed by atoms with Crippen molar-refractivity contribution in [3.63, 3.8) is 0 Å². The van der Waals surface area contributed by atoms with Crippen LogP contribution in [0.1, 0.15) is 18.1 Å². The SMILES string of the molecule is COC(=O)C1(c2ccccc2)CNC(C(C)NC(=O)Cc2cc(F)cc(F)c2)=N1. The third kappa shape index (κ3) is 4.42. The molecule has 6 nitrogen and oxygen atoms in total. The lowest BCUT2D eigenvalue weighted by atomic mass is 9.91. The molecule has 2 aromatic carbocycles. The number of carbonyl (C=O) groups is 2. The lowest BCUT2D eigenvalue weighted by molar-refractivity contribution is -0.146. The fraction of sp³-hybridized carbons (Fsp3) is 0.286. The van der Waals surface area contributed by atoms with E-state index >= 15 is 0 Å². The predicted octanol–water partition coefficient (Wildman–Crippen LogP) is 2.08. The number of hydrogen-bond donors (Lipinski definition) is 2. The van der Waals surface area contributed by atoms with Crippen molar-refractivity contribution in [2.24, 2.45) is 4.99 Å². The van der Waals surface area contributed by atoms with Crippen molar-refractivity contribution in [3.05, 3.63) is 71.3 Å². The van der Waals surface area contributed by atoms with Crippen LogP contribution in [0.2, 0.25) is 0 Å². The summed E-state index contributed by atoms with van der Waals surface area (Å²) in [6, 6.07) is 11.4. The largest absolute Gasteiger partial charge is 0.467 e. The Hall–Kier alpha value is -3.29. The highest BCUT2D eigenvalue weighted by molar-refractivity contribution is 5.97. The van der Waals surface area contributed by atoms with Gasteiger partial charge in [-0.15, -0.1) is 0 Å². The maximum absolute atomic E-state index is 13.3. The van der Waals surface area contributed by atoms with E-state index in [1.54, 1.807) is 31.2 Å². The summed E-state index contributed by atoms with van der Waals surface area (Å²) in [7, 11) is 1.30. The van der Waals surface area contributed by atoms with E-state index in [2.05, 4.69) is 15.6 Å². The molecule has 1 amide bonds. The minimum atomic E-state index is -1.24. The highest BCUT2D eigenvalue weighted by Gasteiger charge is 2.46. The molecule has 152 valence electrons. The number of benzene rings is 2. The molecule has 0 fully saturated rings. The molecule has 1 aliphatic rings. The molecule has 0 bridgehead atoms. The number of rotatable bonds is 6. The van der Waals surface area contributed by atoms with Crippen molar-refractivity contribution in [3.8, 4) is 0 Å². The van der Waals surface area contributed by atoms with Crippen LogP contribution in [0.5, 0.6) is 0 Å². The van der Waals surface area contributed by atoms with Gasteiger partial charge in [-0.05, 0) is 30.2 Å². The zero-order valence-electron chi connectivity index (χ0n) is 16.0. The molecule has 0 aliphatic carbocycles. The van der Waals surface area contributed by atoms with E-state index in [0.717, 1.165) is 18.2 Å². The fourth-order valence-corrected chi connectivity index (χ4v) is 3.30. The Morgan fingerprint density at radius 3 is 2.48 bits per heavy atom. The number of halogens is 2. The number of methoxy groups -OCH3 is 1. The van der Waals surface area contributed by atoms with Gasteiger partial charge in [0.05, 0.1) is 26.1 Å². The van der Waals surface area contributed by atoms with Gasteiger partial charge in [-0.3, -0.25) is 4.79 Å².